The Morgan fingerprint density at radius 1 is 1.12 bits per heavy atom. The molecule has 3 rings (SSSR count). The average molecular weight is 472 g/mol. The molecule has 1 aromatic heterocycles. The van der Waals surface area contributed by atoms with Gasteiger partial charge in [0.15, 0.2) is 0 Å². The zero-order chi connectivity index (χ0) is 24.3. The summed E-state index contributed by atoms with van der Waals surface area (Å²) in [6, 6.07) is 10.8. The molecule has 33 heavy (non-hydrogen) atoms. The Bertz CT molecular complexity index is 1340. The Hall–Kier alpha value is -3.46. The van der Waals surface area contributed by atoms with Crippen LogP contribution in [0.4, 0.5) is 10.1 Å². The molecule has 0 radical (unpaired) electrons. The molecule has 0 aliphatic carbocycles. The topological polar surface area (TPSA) is 93.2 Å². The quantitative estimate of drug-likeness (QED) is 0.534. The standard InChI is InChI=1S/C24H26FN3O4S/c1-24(2,3)19-13-18(28-14-20(25)22(29)26-23(28)30)12-16(21(19)32-4)9-6-15-7-10-17(11-8-15)27-33(5)31/h6-14,27H,1-5H3,(H,26,29,30)/b9-6+. The van der Waals surface area contributed by atoms with E-state index in [4.69, 9.17) is 4.74 Å². The number of H-pyrrole nitrogens is 1. The largest absolute Gasteiger partial charge is 0.496 e. The summed E-state index contributed by atoms with van der Waals surface area (Å²) >= 11 is 0. The van der Waals surface area contributed by atoms with Gasteiger partial charge in [-0.15, -0.1) is 0 Å². The summed E-state index contributed by atoms with van der Waals surface area (Å²) in [5.74, 6) is -0.429. The maximum atomic E-state index is 13.9. The van der Waals surface area contributed by atoms with E-state index < -0.39 is 28.1 Å². The van der Waals surface area contributed by atoms with Crippen molar-refractivity contribution >= 4 is 28.8 Å². The molecule has 1 heterocycles. The van der Waals surface area contributed by atoms with Crippen LogP contribution in [0.1, 0.15) is 37.5 Å². The van der Waals surface area contributed by atoms with Crippen molar-refractivity contribution in [1.82, 2.24) is 9.55 Å². The van der Waals surface area contributed by atoms with Crippen LogP contribution in [-0.2, 0) is 16.4 Å². The smallest absolute Gasteiger partial charge is 0.333 e. The first-order valence-electron chi connectivity index (χ1n) is 10.1. The molecule has 0 aliphatic heterocycles. The first-order chi connectivity index (χ1) is 15.5. The summed E-state index contributed by atoms with van der Waals surface area (Å²) < 4.78 is 34.8. The maximum absolute atomic E-state index is 13.9. The molecule has 0 amide bonds. The second kappa shape index (κ2) is 9.58. The van der Waals surface area contributed by atoms with Crippen LogP contribution in [0, 0.1) is 5.82 Å². The first-order valence-corrected chi connectivity index (χ1v) is 11.7. The molecule has 1 unspecified atom stereocenters. The second-order valence-corrected chi connectivity index (χ2v) is 9.60. The van der Waals surface area contributed by atoms with Crippen LogP contribution in [0.2, 0.25) is 0 Å². The highest BCUT2D eigenvalue weighted by Crippen LogP contribution is 2.37. The molecule has 0 saturated carbocycles. The van der Waals surface area contributed by atoms with Crippen LogP contribution in [0.5, 0.6) is 5.75 Å². The summed E-state index contributed by atoms with van der Waals surface area (Å²) in [4.78, 5) is 25.8. The lowest BCUT2D eigenvalue weighted by Gasteiger charge is -2.25. The van der Waals surface area contributed by atoms with Gasteiger partial charge in [-0.3, -0.25) is 14.3 Å². The van der Waals surface area contributed by atoms with E-state index in [1.165, 1.54) is 0 Å². The zero-order valence-electron chi connectivity index (χ0n) is 19.1. The number of nitrogens with one attached hydrogen (secondary N) is 2. The lowest BCUT2D eigenvalue weighted by Crippen LogP contribution is -2.30. The van der Waals surface area contributed by atoms with Gasteiger partial charge in [-0.1, -0.05) is 45.1 Å². The number of ether oxygens (including phenoxy) is 1. The first kappa shape index (κ1) is 24.2. The third-order valence-electron chi connectivity index (χ3n) is 4.92. The van der Waals surface area contributed by atoms with Crippen molar-refractivity contribution < 1.29 is 13.3 Å². The van der Waals surface area contributed by atoms with Crippen molar-refractivity contribution in [3.8, 4) is 11.4 Å². The van der Waals surface area contributed by atoms with E-state index in [-0.39, 0.29) is 5.41 Å². The van der Waals surface area contributed by atoms with Gasteiger partial charge in [0.1, 0.15) is 16.7 Å². The molecule has 3 aromatic rings. The highest BCUT2D eigenvalue weighted by atomic mass is 32.2. The Morgan fingerprint density at radius 2 is 1.79 bits per heavy atom. The number of rotatable bonds is 6. The molecule has 9 heteroatoms. The molecule has 2 N–H and O–H groups in total. The van der Waals surface area contributed by atoms with Gasteiger partial charge in [0.05, 0.1) is 19.0 Å². The van der Waals surface area contributed by atoms with Gasteiger partial charge in [0.25, 0.3) is 5.56 Å². The minimum absolute atomic E-state index is 0.350. The van der Waals surface area contributed by atoms with E-state index in [9.17, 15) is 18.2 Å². The van der Waals surface area contributed by atoms with Gasteiger partial charge in [0, 0.05) is 23.1 Å². The van der Waals surface area contributed by atoms with Crippen LogP contribution in [0.3, 0.4) is 0 Å². The molecule has 174 valence electrons. The summed E-state index contributed by atoms with van der Waals surface area (Å²) in [5.41, 5.74) is 1.36. The number of hydrogen-bond donors (Lipinski definition) is 2. The summed E-state index contributed by atoms with van der Waals surface area (Å²) in [7, 11) is 0.409. The minimum Gasteiger partial charge on any atom is -0.496 e. The van der Waals surface area contributed by atoms with Crippen LogP contribution in [0.15, 0.2) is 52.2 Å². The molecule has 0 bridgehead atoms. The average Bonchev–Trinajstić information content (AvgIpc) is 2.74. The number of aromatic amines is 1. The zero-order valence-corrected chi connectivity index (χ0v) is 19.9. The molecule has 0 fully saturated rings. The van der Waals surface area contributed by atoms with Gasteiger partial charge in [0.2, 0.25) is 5.82 Å². The predicted molar refractivity (Wildman–Crippen MR) is 131 cm³/mol. The monoisotopic (exact) mass is 471 g/mol. The number of benzene rings is 2. The van der Waals surface area contributed by atoms with Gasteiger partial charge in [-0.2, -0.15) is 4.39 Å². The third kappa shape index (κ3) is 5.67. The Labute approximate surface area is 193 Å². The minimum atomic E-state index is -1.16. The fourth-order valence-corrected chi connectivity index (χ4v) is 3.80. The lowest BCUT2D eigenvalue weighted by molar-refractivity contribution is 0.396. The Kier molecular flexibility index (Phi) is 7.02. The summed E-state index contributed by atoms with van der Waals surface area (Å²) in [6.07, 6.45) is 6.15. The van der Waals surface area contributed by atoms with Gasteiger partial charge < -0.3 is 9.46 Å². The van der Waals surface area contributed by atoms with E-state index in [0.29, 0.717) is 17.0 Å². The lowest BCUT2D eigenvalue weighted by atomic mass is 9.84. The number of halogens is 1. The van der Waals surface area contributed by atoms with Crippen molar-refractivity contribution in [2.45, 2.75) is 26.2 Å². The van der Waals surface area contributed by atoms with Gasteiger partial charge in [-0.25, -0.2) is 9.00 Å². The maximum Gasteiger partial charge on any atom is 0.333 e. The Balaban J connectivity index is 2.14. The van der Waals surface area contributed by atoms with Crippen molar-refractivity contribution in [3.63, 3.8) is 0 Å². The predicted octanol–water partition coefficient (Wildman–Crippen LogP) is 3.85. The highest BCUT2D eigenvalue weighted by molar-refractivity contribution is 7.85. The van der Waals surface area contributed by atoms with E-state index >= 15 is 0 Å². The fourth-order valence-electron chi connectivity index (χ4n) is 3.34. The molecular weight excluding hydrogens is 445 g/mol. The number of aromatic nitrogens is 2. The molecule has 0 saturated heterocycles. The van der Waals surface area contributed by atoms with Crippen molar-refractivity contribution in [1.29, 1.82) is 0 Å². The molecule has 0 aliphatic rings. The molecule has 0 spiro atoms. The van der Waals surface area contributed by atoms with Gasteiger partial charge >= 0.3 is 5.69 Å². The van der Waals surface area contributed by atoms with E-state index in [1.807, 2.05) is 62.2 Å². The second-order valence-electron chi connectivity index (χ2n) is 8.48. The number of anilines is 1. The molecular formula is C24H26FN3O4S. The fraction of sp³-hybridized carbons (Fsp3) is 0.250. The van der Waals surface area contributed by atoms with Crippen molar-refractivity contribution in [3.05, 3.63) is 85.9 Å². The number of methoxy groups -OCH3 is 1. The number of nitrogens with zero attached hydrogens (tertiary/aromatic N) is 1. The van der Waals surface area contributed by atoms with E-state index in [2.05, 4.69) is 4.72 Å². The normalized spacial score (nSPS) is 12.7. The highest BCUT2D eigenvalue weighted by Gasteiger charge is 2.23. The van der Waals surface area contributed by atoms with Crippen LogP contribution in [-0.4, -0.2) is 27.1 Å². The molecule has 7 nitrogen and oxygen atoms in total. The van der Waals surface area contributed by atoms with Crippen LogP contribution >= 0.6 is 0 Å². The molecule has 1 atom stereocenters. The van der Waals surface area contributed by atoms with E-state index in [1.54, 1.807) is 25.5 Å². The SMILES string of the molecule is COc1c(/C=C/c2ccc(NS(C)=O)cc2)cc(-n2cc(F)c(=O)[nH]c2=O)cc1C(C)(C)C. The van der Waals surface area contributed by atoms with Crippen LogP contribution in [0.25, 0.3) is 17.8 Å². The summed E-state index contributed by atoms with van der Waals surface area (Å²) in [5, 5.41) is 0. The van der Waals surface area contributed by atoms with Crippen molar-refractivity contribution in [2.24, 2.45) is 0 Å². The van der Waals surface area contributed by atoms with Gasteiger partial charge in [-0.05, 0) is 35.2 Å². The van der Waals surface area contributed by atoms with Crippen molar-refractivity contribution in [2.75, 3.05) is 18.1 Å². The third-order valence-corrected chi connectivity index (χ3v) is 5.44. The number of hydrogen-bond acceptors (Lipinski definition) is 4. The van der Waals surface area contributed by atoms with Crippen LogP contribution < -0.4 is 20.7 Å². The Morgan fingerprint density at radius 3 is 2.36 bits per heavy atom. The molecule has 2 aromatic carbocycles. The van der Waals surface area contributed by atoms with E-state index in [0.717, 1.165) is 27.6 Å². The summed E-state index contributed by atoms with van der Waals surface area (Å²) in [6.45, 7) is 6.01.